The fraction of sp³-hybridized carbons (Fsp3) is 0.524. The van der Waals surface area contributed by atoms with Crippen molar-refractivity contribution < 1.29 is 27.9 Å². The van der Waals surface area contributed by atoms with Gasteiger partial charge in [-0.25, -0.2) is 13.6 Å². The molecule has 2 aliphatic rings. The van der Waals surface area contributed by atoms with Crippen molar-refractivity contribution in [2.24, 2.45) is 0 Å². The van der Waals surface area contributed by atoms with Crippen LogP contribution in [0, 0.1) is 11.6 Å². The largest absolute Gasteiger partial charge is 0.442 e. The monoisotopic (exact) mass is 492 g/mol. The molecule has 1 aromatic carbocycles. The molecule has 4 rings (SSSR count). The number of hydrogen-bond donors (Lipinski definition) is 2. The summed E-state index contributed by atoms with van der Waals surface area (Å²) in [5, 5.41) is 17.4. The van der Waals surface area contributed by atoms with Crippen molar-refractivity contribution in [1.82, 2.24) is 30.8 Å². The molecule has 2 aromatic rings. The average molecular weight is 492 g/mol. The van der Waals surface area contributed by atoms with Crippen molar-refractivity contribution in [3.8, 4) is 0 Å². The molecule has 12 nitrogen and oxygen atoms in total. The van der Waals surface area contributed by atoms with E-state index in [-0.39, 0.29) is 48.9 Å². The fourth-order valence-corrected chi connectivity index (χ4v) is 4.11. The van der Waals surface area contributed by atoms with Crippen LogP contribution in [0.25, 0.3) is 0 Å². The molecule has 2 saturated heterocycles. The van der Waals surface area contributed by atoms with E-state index in [0.29, 0.717) is 31.8 Å². The van der Waals surface area contributed by atoms with E-state index < -0.39 is 23.8 Å². The number of rotatable bonds is 7. The Morgan fingerprint density at radius 2 is 1.77 bits per heavy atom. The topological polar surface area (TPSA) is 135 Å². The molecule has 14 heteroatoms. The van der Waals surface area contributed by atoms with Gasteiger partial charge in [0.05, 0.1) is 31.4 Å². The molecule has 0 saturated carbocycles. The molecule has 3 heterocycles. The summed E-state index contributed by atoms with van der Waals surface area (Å²) in [6, 6.07) is 2.13. The summed E-state index contributed by atoms with van der Waals surface area (Å²) in [4.78, 5) is 38.5. The van der Waals surface area contributed by atoms with E-state index >= 15 is 8.78 Å². The molecule has 2 fully saturated rings. The van der Waals surface area contributed by atoms with Crippen LogP contribution in [0.15, 0.2) is 12.1 Å². The third kappa shape index (κ3) is 5.63. The summed E-state index contributed by atoms with van der Waals surface area (Å²) in [5.74, 6) is -1.65. The molecule has 0 aliphatic carbocycles. The molecule has 0 bridgehead atoms. The summed E-state index contributed by atoms with van der Waals surface area (Å²) < 4.78 is 35.2. The Morgan fingerprint density at radius 1 is 1.11 bits per heavy atom. The van der Waals surface area contributed by atoms with Gasteiger partial charge in [0.25, 0.3) is 0 Å². The highest BCUT2D eigenvalue weighted by Crippen LogP contribution is 2.33. The summed E-state index contributed by atoms with van der Waals surface area (Å²) in [7, 11) is 0. The van der Waals surface area contributed by atoms with Crippen molar-refractivity contribution in [1.29, 1.82) is 0 Å². The molecule has 0 spiro atoms. The second kappa shape index (κ2) is 10.2. The van der Waals surface area contributed by atoms with Crippen molar-refractivity contribution in [2.45, 2.75) is 45.4 Å². The van der Waals surface area contributed by atoms with Crippen LogP contribution in [-0.2, 0) is 20.9 Å². The number of carbonyl (C=O) groups excluding carboxylic acids is 3. The van der Waals surface area contributed by atoms with E-state index in [1.54, 1.807) is 4.90 Å². The lowest BCUT2D eigenvalue weighted by atomic mass is 10.0. The van der Waals surface area contributed by atoms with Gasteiger partial charge < -0.3 is 20.3 Å². The van der Waals surface area contributed by atoms with Crippen LogP contribution < -0.4 is 20.4 Å². The smallest absolute Gasteiger partial charge is 0.414 e. The maximum absolute atomic E-state index is 15.0. The normalized spacial score (nSPS) is 18.5. The number of cyclic esters (lactones) is 1. The van der Waals surface area contributed by atoms with Crippen molar-refractivity contribution in [2.75, 3.05) is 36.0 Å². The number of tetrazole rings is 1. The maximum atomic E-state index is 15.0. The number of hydrogen-bond acceptors (Lipinski definition) is 8. The Bertz CT molecular complexity index is 1100. The fourth-order valence-electron chi connectivity index (χ4n) is 4.11. The molecule has 188 valence electrons. The molecule has 0 radical (unpaired) electrons. The molecule has 1 atom stereocenters. The molecular weight excluding hydrogens is 466 g/mol. The van der Waals surface area contributed by atoms with Gasteiger partial charge in [-0.2, -0.15) is 4.80 Å². The molecule has 1 aromatic heterocycles. The highest BCUT2D eigenvalue weighted by molar-refractivity contribution is 5.90. The van der Waals surface area contributed by atoms with Crippen LogP contribution in [0.2, 0.25) is 0 Å². The van der Waals surface area contributed by atoms with Gasteiger partial charge in [-0.3, -0.25) is 14.5 Å². The van der Waals surface area contributed by atoms with Gasteiger partial charge in [0, 0.05) is 39.1 Å². The lowest BCUT2D eigenvalue weighted by Crippen LogP contribution is -2.36. The third-order valence-corrected chi connectivity index (χ3v) is 5.84. The number of amides is 3. The van der Waals surface area contributed by atoms with E-state index in [9.17, 15) is 14.4 Å². The first-order chi connectivity index (χ1) is 16.7. The molecule has 35 heavy (non-hydrogen) atoms. The first-order valence-corrected chi connectivity index (χ1v) is 11.2. The number of piperidine rings is 1. The number of aromatic nitrogens is 4. The molecule has 2 N–H and O–H groups in total. The first-order valence-electron chi connectivity index (χ1n) is 11.2. The first kappa shape index (κ1) is 24.3. The van der Waals surface area contributed by atoms with Crippen molar-refractivity contribution >= 4 is 29.3 Å². The SMILES string of the molecule is CC(=O)NCc1nnn(C2CCN(c3c(F)cc(N4CC(CNC(C)=O)OC4=O)cc3F)CC2)n1. The number of nitrogens with zero attached hydrogens (tertiary/aromatic N) is 6. The van der Waals surface area contributed by atoms with Crippen molar-refractivity contribution in [3.05, 3.63) is 29.6 Å². The van der Waals surface area contributed by atoms with Crippen LogP contribution in [-0.4, -0.2) is 70.4 Å². The Kier molecular flexibility index (Phi) is 7.07. The Balaban J connectivity index is 1.39. The Labute approximate surface area is 199 Å². The van der Waals surface area contributed by atoms with E-state index in [1.165, 1.54) is 18.6 Å². The van der Waals surface area contributed by atoms with Gasteiger partial charge in [-0.05, 0) is 18.1 Å². The number of carbonyl (C=O) groups is 3. The lowest BCUT2D eigenvalue weighted by Gasteiger charge is -2.33. The maximum Gasteiger partial charge on any atom is 0.414 e. The molecule has 2 aliphatic heterocycles. The standard InChI is InChI=1S/C21H26F2N8O4/c1-12(32)24-9-16-11-30(21(34)35-16)15-7-17(22)20(18(23)8-15)29-5-3-14(4-6-29)31-27-19(26-28-31)10-25-13(2)33/h7-8,14,16H,3-6,9-11H2,1-2H3,(H,24,32)(H,25,33). The summed E-state index contributed by atoms with van der Waals surface area (Å²) in [5.41, 5.74) is -0.111. The summed E-state index contributed by atoms with van der Waals surface area (Å²) >= 11 is 0. The minimum absolute atomic E-state index is 0.0486. The highest BCUT2D eigenvalue weighted by Gasteiger charge is 2.34. The minimum Gasteiger partial charge on any atom is -0.442 e. The quantitative estimate of drug-likeness (QED) is 0.582. The van der Waals surface area contributed by atoms with Crippen LogP contribution in [0.5, 0.6) is 0 Å². The van der Waals surface area contributed by atoms with E-state index in [2.05, 4.69) is 26.0 Å². The van der Waals surface area contributed by atoms with Gasteiger partial charge in [0.1, 0.15) is 11.8 Å². The second-order valence-corrected chi connectivity index (χ2v) is 8.47. The Morgan fingerprint density at radius 3 is 2.40 bits per heavy atom. The van der Waals surface area contributed by atoms with Crippen LogP contribution >= 0.6 is 0 Å². The third-order valence-electron chi connectivity index (χ3n) is 5.84. The number of halogens is 2. The summed E-state index contributed by atoms with van der Waals surface area (Å²) in [6.45, 7) is 3.83. The zero-order valence-corrected chi connectivity index (χ0v) is 19.3. The molecular formula is C21H26F2N8O4. The van der Waals surface area contributed by atoms with Gasteiger partial charge in [0.15, 0.2) is 17.5 Å². The number of ether oxygens (including phenoxy) is 1. The zero-order valence-electron chi connectivity index (χ0n) is 19.3. The van der Waals surface area contributed by atoms with Crippen LogP contribution in [0.4, 0.5) is 25.0 Å². The molecule has 3 amide bonds. The minimum atomic E-state index is -0.784. The molecule has 1 unspecified atom stereocenters. The van der Waals surface area contributed by atoms with Gasteiger partial charge in [-0.15, -0.1) is 10.2 Å². The number of benzene rings is 1. The van der Waals surface area contributed by atoms with E-state index in [1.807, 2.05) is 0 Å². The van der Waals surface area contributed by atoms with Gasteiger partial charge in [0.2, 0.25) is 11.8 Å². The van der Waals surface area contributed by atoms with Crippen LogP contribution in [0.3, 0.4) is 0 Å². The highest BCUT2D eigenvalue weighted by atomic mass is 19.1. The summed E-state index contributed by atoms with van der Waals surface area (Å²) in [6.07, 6.45) is -0.258. The second-order valence-electron chi connectivity index (χ2n) is 8.47. The average Bonchev–Trinajstić information content (AvgIpc) is 3.43. The Hall–Kier alpha value is -3.84. The van der Waals surface area contributed by atoms with Gasteiger partial charge in [-0.1, -0.05) is 0 Å². The van der Waals surface area contributed by atoms with Crippen molar-refractivity contribution in [3.63, 3.8) is 0 Å². The van der Waals surface area contributed by atoms with Crippen LogP contribution in [0.1, 0.15) is 38.6 Å². The zero-order chi connectivity index (χ0) is 25.1. The van der Waals surface area contributed by atoms with E-state index in [4.69, 9.17) is 4.74 Å². The predicted octanol–water partition coefficient (Wildman–Crippen LogP) is 0.890. The lowest BCUT2D eigenvalue weighted by molar-refractivity contribution is -0.120. The van der Waals surface area contributed by atoms with Gasteiger partial charge >= 0.3 is 6.09 Å². The number of nitrogens with one attached hydrogen (secondary N) is 2. The predicted molar refractivity (Wildman–Crippen MR) is 118 cm³/mol. The van der Waals surface area contributed by atoms with E-state index in [0.717, 1.165) is 17.0 Å². The number of anilines is 2.